The summed E-state index contributed by atoms with van der Waals surface area (Å²) in [6.45, 7) is 3.19. The molecule has 0 aliphatic heterocycles. The van der Waals surface area contributed by atoms with Crippen LogP contribution in [0.2, 0.25) is 0 Å². The quantitative estimate of drug-likeness (QED) is 0.809. The second kappa shape index (κ2) is 5.27. The molecule has 2 fully saturated rings. The van der Waals surface area contributed by atoms with Crippen LogP contribution < -0.4 is 4.90 Å². The Hall–Kier alpha value is -1.84. The van der Waals surface area contributed by atoms with E-state index >= 15 is 0 Å². The van der Waals surface area contributed by atoms with Crippen molar-refractivity contribution < 1.29 is 9.90 Å². The van der Waals surface area contributed by atoms with E-state index in [2.05, 4.69) is 16.8 Å². The molecule has 0 saturated heterocycles. The third-order valence-electron chi connectivity index (χ3n) is 3.90. The number of anilines is 1. The van der Waals surface area contributed by atoms with Crippen LogP contribution in [0.15, 0.2) is 18.3 Å². The van der Waals surface area contributed by atoms with E-state index in [1.165, 1.54) is 25.7 Å². The van der Waals surface area contributed by atoms with Gasteiger partial charge in [-0.1, -0.05) is 0 Å². The van der Waals surface area contributed by atoms with Gasteiger partial charge in [-0.05, 0) is 61.8 Å². The number of rotatable bonds is 6. The van der Waals surface area contributed by atoms with Crippen molar-refractivity contribution in [3.8, 4) is 0 Å². The summed E-state index contributed by atoms with van der Waals surface area (Å²) in [6, 6.07) is 2.69. The van der Waals surface area contributed by atoms with Crippen LogP contribution in [0.3, 0.4) is 0 Å². The van der Waals surface area contributed by atoms with E-state index in [4.69, 9.17) is 5.11 Å². The molecule has 1 aromatic heterocycles. The number of nitrogens with zero attached hydrogens (tertiary/aromatic N) is 2. The van der Waals surface area contributed by atoms with Crippen LogP contribution in [0.1, 0.15) is 36.8 Å². The fraction of sp³-hybridized carbons (Fsp3) is 0.500. The zero-order chi connectivity index (χ0) is 14.1. The highest BCUT2D eigenvalue weighted by molar-refractivity contribution is 5.85. The second-order valence-electron chi connectivity index (χ2n) is 5.91. The highest BCUT2D eigenvalue weighted by Gasteiger charge is 2.34. The third-order valence-corrected chi connectivity index (χ3v) is 3.90. The monoisotopic (exact) mass is 272 g/mol. The molecule has 1 aromatic rings. The van der Waals surface area contributed by atoms with Gasteiger partial charge in [0.2, 0.25) is 0 Å². The smallest absolute Gasteiger partial charge is 0.328 e. The van der Waals surface area contributed by atoms with E-state index in [0.29, 0.717) is 6.04 Å². The number of carbonyl (C=O) groups is 1. The lowest BCUT2D eigenvalue weighted by Gasteiger charge is -2.25. The van der Waals surface area contributed by atoms with Gasteiger partial charge in [0.25, 0.3) is 0 Å². The van der Waals surface area contributed by atoms with Crippen molar-refractivity contribution in [1.29, 1.82) is 0 Å². The van der Waals surface area contributed by atoms with Gasteiger partial charge in [-0.15, -0.1) is 0 Å². The maximum Gasteiger partial charge on any atom is 0.328 e. The van der Waals surface area contributed by atoms with E-state index in [1.54, 1.807) is 12.3 Å². The molecule has 4 nitrogen and oxygen atoms in total. The Labute approximate surface area is 119 Å². The molecule has 20 heavy (non-hydrogen) atoms. The van der Waals surface area contributed by atoms with Crippen LogP contribution in [-0.4, -0.2) is 28.6 Å². The number of aliphatic carboxylic acids is 1. The number of carboxylic acid groups (broad SMARTS) is 1. The molecule has 2 aliphatic carbocycles. The number of hydrogen-bond acceptors (Lipinski definition) is 3. The Morgan fingerprint density at radius 1 is 1.45 bits per heavy atom. The minimum absolute atomic E-state index is 0.669. The predicted octanol–water partition coefficient (Wildman–Crippen LogP) is 2.87. The van der Waals surface area contributed by atoms with Gasteiger partial charge in [0, 0.05) is 24.9 Å². The Kier molecular flexibility index (Phi) is 3.47. The van der Waals surface area contributed by atoms with Crippen molar-refractivity contribution in [2.24, 2.45) is 5.92 Å². The SMILES string of the molecule is Cc1cc(/C=C/C(=O)O)cnc1N(CC1CC1)C1CC1. The lowest BCUT2D eigenvalue weighted by Crippen LogP contribution is -2.29. The molecule has 0 radical (unpaired) electrons. The van der Waals surface area contributed by atoms with E-state index in [0.717, 1.165) is 35.5 Å². The maximum absolute atomic E-state index is 10.5. The number of carboxylic acids is 1. The molecule has 2 saturated carbocycles. The van der Waals surface area contributed by atoms with Crippen molar-refractivity contribution >= 4 is 17.9 Å². The molecule has 0 amide bonds. The maximum atomic E-state index is 10.5. The predicted molar refractivity (Wildman–Crippen MR) is 78.7 cm³/mol. The summed E-state index contributed by atoms with van der Waals surface area (Å²) in [6.07, 6.45) is 9.75. The third kappa shape index (κ3) is 3.18. The van der Waals surface area contributed by atoms with Gasteiger partial charge in [-0.2, -0.15) is 0 Å². The van der Waals surface area contributed by atoms with Gasteiger partial charge in [0.15, 0.2) is 0 Å². The van der Waals surface area contributed by atoms with E-state index < -0.39 is 5.97 Å². The first-order valence-electron chi connectivity index (χ1n) is 7.28. The van der Waals surface area contributed by atoms with Crippen LogP contribution >= 0.6 is 0 Å². The molecule has 0 unspecified atom stereocenters. The van der Waals surface area contributed by atoms with E-state index in [1.807, 2.05) is 6.07 Å². The molecular weight excluding hydrogens is 252 g/mol. The fourth-order valence-corrected chi connectivity index (χ4v) is 2.52. The van der Waals surface area contributed by atoms with E-state index in [-0.39, 0.29) is 0 Å². The first-order valence-corrected chi connectivity index (χ1v) is 7.28. The molecule has 0 spiro atoms. The van der Waals surface area contributed by atoms with Crippen molar-refractivity contribution in [2.75, 3.05) is 11.4 Å². The summed E-state index contributed by atoms with van der Waals surface area (Å²) in [4.78, 5) is 17.6. The van der Waals surface area contributed by atoms with Crippen molar-refractivity contribution in [1.82, 2.24) is 4.98 Å². The van der Waals surface area contributed by atoms with Crippen molar-refractivity contribution in [3.05, 3.63) is 29.5 Å². The lowest BCUT2D eigenvalue weighted by molar-refractivity contribution is -0.131. The van der Waals surface area contributed by atoms with Gasteiger partial charge >= 0.3 is 5.97 Å². The van der Waals surface area contributed by atoms with Crippen LogP contribution in [-0.2, 0) is 4.79 Å². The van der Waals surface area contributed by atoms with Gasteiger partial charge in [-0.3, -0.25) is 0 Å². The first kappa shape index (κ1) is 13.2. The minimum Gasteiger partial charge on any atom is -0.478 e. The molecule has 2 aliphatic rings. The molecule has 4 heteroatoms. The molecular formula is C16H20N2O2. The molecule has 0 aromatic carbocycles. The summed E-state index contributed by atoms with van der Waals surface area (Å²) in [5.74, 6) is 0.996. The zero-order valence-electron chi connectivity index (χ0n) is 11.7. The number of aryl methyl sites for hydroxylation is 1. The molecule has 106 valence electrons. The summed E-state index contributed by atoms with van der Waals surface area (Å²) < 4.78 is 0. The number of aromatic nitrogens is 1. The minimum atomic E-state index is -0.930. The average molecular weight is 272 g/mol. The Morgan fingerprint density at radius 3 is 2.75 bits per heavy atom. The standard InChI is InChI=1S/C16H20N2O2/c1-11-8-13(4-7-15(19)20)9-17-16(11)18(14-5-6-14)10-12-2-3-12/h4,7-9,12,14H,2-3,5-6,10H2,1H3,(H,19,20)/b7-4+. The average Bonchev–Trinajstić information content (AvgIpc) is 3.26. The molecule has 1 heterocycles. The van der Waals surface area contributed by atoms with Crippen molar-refractivity contribution in [3.63, 3.8) is 0 Å². The van der Waals surface area contributed by atoms with Gasteiger partial charge in [0.05, 0.1) is 0 Å². The highest BCUT2D eigenvalue weighted by atomic mass is 16.4. The summed E-state index contributed by atoms with van der Waals surface area (Å²) in [5.41, 5.74) is 1.97. The largest absolute Gasteiger partial charge is 0.478 e. The van der Waals surface area contributed by atoms with Gasteiger partial charge in [-0.25, -0.2) is 9.78 Å². The summed E-state index contributed by atoms with van der Waals surface area (Å²) in [7, 11) is 0. The Balaban J connectivity index is 1.79. The zero-order valence-corrected chi connectivity index (χ0v) is 11.7. The Morgan fingerprint density at radius 2 is 2.20 bits per heavy atom. The molecule has 1 N–H and O–H groups in total. The van der Waals surface area contributed by atoms with Gasteiger partial charge in [0.1, 0.15) is 5.82 Å². The summed E-state index contributed by atoms with van der Waals surface area (Å²) in [5, 5.41) is 8.66. The number of pyridine rings is 1. The Bertz CT molecular complexity index is 545. The van der Waals surface area contributed by atoms with Crippen LogP contribution in [0.4, 0.5) is 5.82 Å². The topological polar surface area (TPSA) is 53.4 Å². The number of hydrogen-bond donors (Lipinski definition) is 1. The molecule has 3 rings (SSSR count). The van der Waals surface area contributed by atoms with Crippen LogP contribution in [0, 0.1) is 12.8 Å². The summed E-state index contributed by atoms with van der Waals surface area (Å²) >= 11 is 0. The fourth-order valence-electron chi connectivity index (χ4n) is 2.52. The van der Waals surface area contributed by atoms with Crippen LogP contribution in [0.25, 0.3) is 6.08 Å². The highest BCUT2D eigenvalue weighted by Crippen LogP contribution is 2.38. The molecule has 0 bridgehead atoms. The first-order chi connectivity index (χ1) is 9.63. The normalized spacial score (nSPS) is 18.4. The van der Waals surface area contributed by atoms with Gasteiger partial charge < -0.3 is 10.0 Å². The second-order valence-corrected chi connectivity index (χ2v) is 5.91. The van der Waals surface area contributed by atoms with E-state index in [9.17, 15) is 4.79 Å². The lowest BCUT2D eigenvalue weighted by atomic mass is 10.1. The van der Waals surface area contributed by atoms with Crippen molar-refractivity contribution in [2.45, 2.75) is 38.6 Å². The van der Waals surface area contributed by atoms with Crippen LogP contribution in [0.5, 0.6) is 0 Å². The molecule has 0 atom stereocenters.